The normalized spacial score (nSPS) is 25.2. The van der Waals surface area contributed by atoms with Gasteiger partial charge in [-0.3, -0.25) is 4.79 Å². The SMILES string of the molecule is O=C(O)C1C(c2cc(F)cc(C(F)F)c2)C1(Cl)Cl. The Morgan fingerprint density at radius 2 is 1.94 bits per heavy atom. The summed E-state index contributed by atoms with van der Waals surface area (Å²) in [6.45, 7) is 0. The quantitative estimate of drug-likeness (QED) is 0.863. The van der Waals surface area contributed by atoms with Crippen LogP contribution in [0.15, 0.2) is 18.2 Å². The first-order valence-electron chi connectivity index (χ1n) is 4.94. The number of hydrogen-bond donors (Lipinski definition) is 1. The van der Waals surface area contributed by atoms with Crippen molar-refractivity contribution in [1.82, 2.24) is 0 Å². The van der Waals surface area contributed by atoms with Crippen LogP contribution in [-0.4, -0.2) is 15.4 Å². The molecule has 1 aromatic carbocycles. The van der Waals surface area contributed by atoms with Crippen molar-refractivity contribution < 1.29 is 23.1 Å². The Bertz CT molecular complexity index is 505. The second kappa shape index (κ2) is 4.31. The van der Waals surface area contributed by atoms with E-state index in [-0.39, 0.29) is 5.56 Å². The van der Waals surface area contributed by atoms with Crippen molar-refractivity contribution in [1.29, 1.82) is 0 Å². The highest BCUT2D eigenvalue weighted by atomic mass is 35.5. The summed E-state index contributed by atoms with van der Waals surface area (Å²) in [6.07, 6.45) is -2.85. The van der Waals surface area contributed by atoms with Gasteiger partial charge in [-0.1, -0.05) is 23.2 Å². The molecule has 0 spiro atoms. The van der Waals surface area contributed by atoms with Gasteiger partial charge in [0.1, 0.15) is 10.2 Å². The van der Waals surface area contributed by atoms with Crippen LogP contribution in [-0.2, 0) is 4.79 Å². The number of rotatable bonds is 3. The van der Waals surface area contributed by atoms with Crippen molar-refractivity contribution in [2.45, 2.75) is 16.7 Å². The van der Waals surface area contributed by atoms with Gasteiger partial charge in [0.25, 0.3) is 6.43 Å². The first kappa shape index (κ1) is 13.5. The van der Waals surface area contributed by atoms with E-state index in [4.69, 9.17) is 28.3 Å². The summed E-state index contributed by atoms with van der Waals surface area (Å²) >= 11 is 11.5. The van der Waals surface area contributed by atoms with E-state index in [2.05, 4.69) is 0 Å². The number of alkyl halides is 4. The average molecular weight is 299 g/mol. The van der Waals surface area contributed by atoms with Crippen LogP contribution in [0.3, 0.4) is 0 Å². The molecule has 1 aliphatic rings. The van der Waals surface area contributed by atoms with Crippen LogP contribution in [0.2, 0.25) is 0 Å². The summed E-state index contributed by atoms with van der Waals surface area (Å²) in [5, 5.41) is 8.86. The molecule has 0 aromatic heterocycles. The topological polar surface area (TPSA) is 37.3 Å². The van der Waals surface area contributed by atoms with Crippen molar-refractivity contribution in [3.8, 4) is 0 Å². The Morgan fingerprint density at radius 3 is 2.39 bits per heavy atom. The van der Waals surface area contributed by atoms with Gasteiger partial charge in [0.2, 0.25) is 0 Å². The summed E-state index contributed by atoms with van der Waals surface area (Å²) in [4.78, 5) is 10.9. The fraction of sp³-hybridized carbons (Fsp3) is 0.364. The number of hydrogen-bond acceptors (Lipinski definition) is 1. The van der Waals surface area contributed by atoms with Gasteiger partial charge in [0, 0.05) is 11.5 Å². The van der Waals surface area contributed by atoms with Gasteiger partial charge >= 0.3 is 5.97 Å². The molecule has 0 amide bonds. The lowest BCUT2D eigenvalue weighted by Gasteiger charge is -2.05. The van der Waals surface area contributed by atoms with Crippen LogP contribution in [0.1, 0.15) is 23.5 Å². The van der Waals surface area contributed by atoms with E-state index in [0.717, 1.165) is 12.1 Å². The number of carbonyl (C=O) groups is 1. The Kier molecular flexibility index (Phi) is 3.23. The molecule has 2 unspecified atom stereocenters. The van der Waals surface area contributed by atoms with E-state index in [0.29, 0.717) is 6.07 Å². The monoisotopic (exact) mass is 298 g/mol. The maximum Gasteiger partial charge on any atom is 0.310 e. The van der Waals surface area contributed by atoms with Gasteiger partial charge in [-0.15, -0.1) is 0 Å². The van der Waals surface area contributed by atoms with Crippen molar-refractivity contribution >= 4 is 29.2 Å². The predicted octanol–water partition coefficient (Wildman–Crippen LogP) is 3.74. The lowest BCUT2D eigenvalue weighted by Crippen LogP contribution is -2.03. The van der Waals surface area contributed by atoms with E-state index in [1.165, 1.54) is 0 Å². The lowest BCUT2D eigenvalue weighted by molar-refractivity contribution is -0.138. The third-order valence-electron chi connectivity index (χ3n) is 2.87. The van der Waals surface area contributed by atoms with Gasteiger partial charge in [0.15, 0.2) is 0 Å². The molecule has 1 aromatic rings. The first-order valence-corrected chi connectivity index (χ1v) is 5.70. The number of carboxylic acid groups (broad SMARTS) is 1. The second-order valence-corrected chi connectivity index (χ2v) is 5.53. The first-order chi connectivity index (χ1) is 8.25. The fourth-order valence-corrected chi connectivity index (χ4v) is 2.81. The summed E-state index contributed by atoms with van der Waals surface area (Å²) in [5.74, 6) is -4.12. The molecule has 1 N–H and O–H groups in total. The third kappa shape index (κ3) is 2.17. The highest BCUT2D eigenvalue weighted by Gasteiger charge is 2.68. The lowest BCUT2D eigenvalue weighted by atomic mass is 10.1. The van der Waals surface area contributed by atoms with Gasteiger partial charge in [-0.2, -0.15) is 0 Å². The molecule has 98 valence electrons. The minimum absolute atomic E-state index is 0.0719. The predicted molar refractivity (Wildman–Crippen MR) is 59.7 cm³/mol. The minimum Gasteiger partial charge on any atom is -0.481 e. The molecular weight excluding hydrogens is 292 g/mol. The molecule has 0 heterocycles. The zero-order valence-electron chi connectivity index (χ0n) is 8.71. The van der Waals surface area contributed by atoms with E-state index < -0.39 is 39.9 Å². The van der Waals surface area contributed by atoms with Gasteiger partial charge in [0.05, 0.1) is 5.92 Å². The maximum absolute atomic E-state index is 13.2. The Balaban J connectivity index is 2.39. The van der Waals surface area contributed by atoms with E-state index in [9.17, 15) is 18.0 Å². The summed E-state index contributed by atoms with van der Waals surface area (Å²) < 4.78 is 36.6. The molecule has 2 atom stereocenters. The molecule has 18 heavy (non-hydrogen) atoms. The third-order valence-corrected chi connectivity index (χ3v) is 3.81. The fourth-order valence-electron chi connectivity index (χ4n) is 1.99. The Hall–Kier alpha value is -0.940. The molecule has 2 nitrogen and oxygen atoms in total. The molecular formula is C11H7Cl2F3O2. The van der Waals surface area contributed by atoms with Crippen LogP contribution in [0.5, 0.6) is 0 Å². The van der Waals surface area contributed by atoms with Crippen molar-refractivity contribution in [2.75, 3.05) is 0 Å². The van der Waals surface area contributed by atoms with Crippen LogP contribution >= 0.6 is 23.2 Å². The molecule has 1 aliphatic carbocycles. The van der Waals surface area contributed by atoms with Crippen molar-refractivity contribution in [3.05, 3.63) is 35.1 Å². The van der Waals surface area contributed by atoms with Crippen LogP contribution < -0.4 is 0 Å². The molecule has 1 saturated carbocycles. The molecule has 0 bridgehead atoms. The van der Waals surface area contributed by atoms with Gasteiger partial charge in [-0.05, 0) is 23.8 Å². The van der Waals surface area contributed by atoms with Crippen LogP contribution in [0.4, 0.5) is 13.2 Å². The molecule has 0 radical (unpaired) electrons. The van der Waals surface area contributed by atoms with E-state index >= 15 is 0 Å². The van der Waals surface area contributed by atoms with Crippen molar-refractivity contribution in [3.63, 3.8) is 0 Å². The zero-order chi connectivity index (χ0) is 13.7. The molecule has 1 fully saturated rings. The highest BCUT2D eigenvalue weighted by molar-refractivity contribution is 6.53. The van der Waals surface area contributed by atoms with Gasteiger partial charge in [-0.25, -0.2) is 13.2 Å². The summed E-state index contributed by atoms with van der Waals surface area (Å²) in [7, 11) is 0. The highest BCUT2D eigenvalue weighted by Crippen LogP contribution is 2.65. The number of aliphatic carboxylic acids is 1. The van der Waals surface area contributed by atoms with Crippen LogP contribution in [0, 0.1) is 11.7 Å². The Morgan fingerprint density at radius 1 is 1.33 bits per heavy atom. The molecule has 7 heteroatoms. The van der Waals surface area contributed by atoms with E-state index in [1.54, 1.807) is 0 Å². The average Bonchev–Trinajstić information content (AvgIpc) is 2.80. The standard InChI is InChI=1S/C11H7Cl2F3O2/c12-11(13)7(8(11)10(17)18)4-1-5(9(15)16)3-6(14)2-4/h1-3,7-9H,(H,17,18). The summed E-state index contributed by atoms with van der Waals surface area (Å²) in [6, 6.07) is 2.69. The van der Waals surface area contributed by atoms with Crippen molar-refractivity contribution in [2.24, 2.45) is 5.92 Å². The maximum atomic E-state index is 13.2. The van der Waals surface area contributed by atoms with E-state index in [1.807, 2.05) is 0 Å². The molecule has 0 saturated heterocycles. The smallest absolute Gasteiger partial charge is 0.310 e. The number of carboxylic acids is 1. The second-order valence-electron chi connectivity index (χ2n) is 4.09. The number of halogens is 5. The zero-order valence-corrected chi connectivity index (χ0v) is 10.2. The Labute approximate surface area is 110 Å². The molecule has 0 aliphatic heterocycles. The van der Waals surface area contributed by atoms with Crippen LogP contribution in [0.25, 0.3) is 0 Å². The summed E-state index contributed by atoms with van der Waals surface area (Å²) in [5.41, 5.74) is -0.451. The number of benzene rings is 1. The largest absolute Gasteiger partial charge is 0.481 e. The minimum atomic E-state index is -2.85. The molecule has 2 rings (SSSR count). The van der Waals surface area contributed by atoms with Gasteiger partial charge < -0.3 is 5.11 Å².